The first-order valence-corrected chi connectivity index (χ1v) is 4.81. The van der Waals surface area contributed by atoms with Crippen LogP contribution < -0.4 is 10.5 Å². The van der Waals surface area contributed by atoms with E-state index in [-0.39, 0.29) is 5.78 Å². The minimum Gasteiger partial charge on any atom is -0.492 e. The lowest BCUT2D eigenvalue weighted by Gasteiger charge is -2.18. The van der Waals surface area contributed by atoms with E-state index >= 15 is 0 Å². The van der Waals surface area contributed by atoms with Crippen LogP contribution in [0, 0.1) is 0 Å². The van der Waals surface area contributed by atoms with Crippen molar-refractivity contribution in [3.8, 4) is 5.75 Å². The van der Waals surface area contributed by atoms with Crippen LogP contribution in [0.2, 0.25) is 0 Å². The lowest BCUT2D eigenvalue weighted by molar-refractivity contribution is 0.0932. The van der Waals surface area contributed by atoms with Gasteiger partial charge in [0, 0.05) is 6.42 Å². The monoisotopic (exact) mass is 191 g/mol. The number of ether oxygens (including phenoxy) is 1. The number of carbonyl (C=O) groups excluding carboxylic acids is 1. The van der Waals surface area contributed by atoms with E-state index in [1.807, 2.05) is 18.2 Å². The van der Waals surface area contributed by atoms with Crippen LogP contribution in [-0.4, -0.2) is 18.9 Å². The number of fused-ring (bicyclic) bond motifs is 1. The van der Waals surface area contributed by atoms with Crippen molar-refractivity contribution in [2.24, 2.45) is 5.73 Å². The van der Waals surface area contributed by atoms with Crippen LogP contribution >= 0.6 is 0 Å². The van der Waals surface area contributed by atoms with Crippen molar-refractivity contribution in [3.05, 3.63) is 29.3 Å². The van der Waals surface area contributed by atoms with E-state index in [4.69, 9.17) is 10.5 Å². The standard InChI is InChI=1S/C11H13NO2/c12-6-4-8-2-1-3-10-11(8)9(13)5-7-14-10/h1-3H,4-7,12H2. The fourth-order valence-corrected chi connectivity index (χ4v) is 1.76. The SMILES string of the molecule is NCCc1cccc2c1C(=O)CCO2. The Balaban J connectivity index is 2.46. The number of Topliss-reactive ketones (excluding diaryl/α,β-unsaturated/α-hetero) is 1. The molecule has 74 valence electrons. The van der Waals surface area contributed by atoms with Crippen molar-refractivity contribution in [1.82, 2.24) is 0 Å². The van der Waals surface area contributed by atoms with E-state index < -0.39 is 0 Å². The van der Waals surface area contributed by atoms with Crippen molar-refractivity contribution in [2.75, 3.05) is 13.2 Å². The second kappa shape index (κ2) is 3.80. The topological polar surface area (TPSA) is 52.3 Å². The third-order valence-electron chi connectivity index (χ3n) is 2.39. The first-order chi connectivity index (χ1) is 6.83. The maximum absolute atomic E-state index is 11.7. The molecule has 1 aliphatic heterocycles. The predicted octanol–water partition coefficient (Wildman–Crippen LogP) is 1.15. The number of carbonyl (C=O) groups is 1. The van der Waals surface area contributed by atoms with Gasteiger partial charge in [-0.2, -0.15) is 0 Å². The van der Waals surface area contributed by atoms with Crippen molar-refractivity contribution in [2.45, 2.75) is 12.8 Å². The molecule has 0 unspecified atom stereocenters. The Kier molecular flexibility index (Phi) is 2.50. The molecule has 0 amide bonds. The van der Waals surface area contributed by atoms with Gasteiger partial charge in [-0.25, -0.2) is 0 Å². The number of benzene rings is 1. The molecule has 0 saturated carbocycles. The molecule has 1 aliphatic rings. The second-order valence-corrected chi connectivity index (χ2v) is 3.35. The zero-order valence-corrected chi connectivity index (χ0v) is 7.95. The predicted molar refractivity (Wildman–Crippen MR) is 53.6 cm³/mol. The van der Waals surface area contributed by atoms with Gasteiger partial charge in [0.2, 0.25) is 0 Å². The number of hydrogen-bond acceptors (Lipinski definition) is 3. The van der Waals surface area contributed by atoms with E-state index in [9.17, 15) is 4.79 Å². The molecule has 14 heavy (non-hydrogen) atoms. The Morgan fingerprint density at radius 2 is 2.29 bits per heavy atom. The molecule has 2 N–H and O–H groups in total. The summed E-state index contributed by atoms with van der Waals surface area (Å²) in [7, 11) is 0. The molecule has 0 spiro atoms. The van der Waals surface area contributed by atoms with E-state index in [1.54, 1.807) is 0 Å². The Bertz CT molecular complexity index is 360. The maximum atomic E-state index is 11.7. The van der Waals surface area contributed by atoms with Gasteiger partial charge in [0.1, 0.15) is 5.75 Å². The van der Waals surface area contributed by atoms with Gasteiger partial charge in [0.15, 0.2) is 5.78 Å². The molecule has 0 radical (unpaired) electrons. The highest BCUT2D eigenvalue weighted by Crippen LogP contribution is 2.27. The molecule has 2 rings (SSSR count). The summed E-state index contributed by atoms with van der Waals surface area (Å²) in [6.07, 6.45) is 1.22. The molecular weight excluding hydrogens is 178 g/mol. The van der Waals surface area contributed by atoms with Crippen molar-refractivity contribution >= 4 is 5.78 Å². The average Bonchev–Trinajstić information content (AvgIpc) is 2.19. The summed E-state index contributed by atoms with van der Waals surface area (Å²) in [6.45, 7) is 1.06. The van der Waals surface area contributed by atoms with Gasteiger partial charge in [-0.15, -0.1) is 0 Å². The van der Waals surface area contributed by atoms with Crippen molar-refractivity contribution in [3.63, 3.8) is 0 Å². The quantitative estimate of drug-likeness (QED) is 0.763. The summed E-state index contributed by atoms with van der Waals surface area (Å²) >= 11 is 0. The van der Waals surface area contributed by atoms with Gasteiger partial charge < -0.3 is 10.5 Å². The summed E-state index contributed by atoms with van der Waals surface area (Å²) in [5.41, 5.74) is 7.24. The van der Waals surface area contributed by atoms with Crippen molar-refractivity contribution < 1.29 is 9.53 Å². The van der Waals surface area contributed by atoms with Crippen LogP contribution in [0.4, 0.5) is 0 Å². The minimum atomic E-state index is 0.176. The zero-order chi connectivity index (χ0) is 9.97. The summed E-state index contributed by atoms with van der Waals surface area (Å²) in [5, 5.41) is 0. The first-order valence-electron chi connectivity index (χ1n) is 4.81. The smallest absolute Gasteiger partial charge is 0.170 e. The van der Waals surface area contributed by atoms with Gasteiger partial charge in [-0.3, -0.25) is 4.79 Å². The molecule has 0 atom stereocenters. The number of rotatable bonds is 2. The van der Waals surface area contributed by atoms with Crippen LogP contribution in [0.25, 0.3) is 0 Å². The molecule has 0 aromatic heterocycles. The van der Waals surface area contributed by atoms with Gasteiger partial charge in [0.25, 0.3) is 0 Å². The normalized spacial score (nSPS) is 14.8. The Labute approximate surface area is 82.9 Å². The molecule has 1 aromatic rings. The minimum absolute atomic E-state index is 0.176. The van der Waals surface area contributed by atoms with Crippen LogP contribution in [-0.2, 0) is 6.42 Å². The van der Waals surface area contributed by atoms with Gasteiger partial charge in [-0.05, 0) is 24.6 Å². The molecule has 0 fully saturated rings. The molecule has 3 heteroatoms. The highest BCUT2D eigenvalue weighted by Gasteiger charge is 2.20. The zero-order valence-electron chi connectivity index (χ0n) is 7.95. The van der Waals surface area contributed by atoms with Crippen molar-refractivity contribution in [1.29, 1.82) is 0 Å². The second-order valence-electron chi connectivity index (χ2n) is 3.35. The number of nitrogens with two attached hydrogens (primary N) is 1. The number of ketones is 1. The molecule has 1 heterocycles. The Morgan fingerprint density at radius 3 is 3.07 bits per heavy atom. The fraction of sp³-hybridized carbons (Fsp3) is 0.364. The van der Waals surface area contributed by atoms with Crippen LogP contribution in [0.1, 0.15) is 22.3 Å². The average molecular weight is 191 g/mol. The summed E-state index contributed by atoms with van der Waals surface area (Å²) in [4.78, 5) is 11.7. The number of hydrogen-bond donors (Lipinski definition) is 1. The van der Waals surface area contributed by atoms with Gasteiger partial charge in [-0.1, -0.05) is 12.1 Å². The molecule has 3 nitrogen and oxygen atoms in total. The summed E-state index contributed by atoms with van der Waals surface area (Å²) in [5.74, 6) is 0.891. The summed E-state index contributed by atoms with van der Waals surface area (Å²) < 4.78 is 5.42. The van der Waals surface area contributed by atoms with E-state index in [2.05, 4.69) is 0 Å². The lowest BCUT2D eigenvalue weighted by atomic mass is 9.97. The maximum Gasteiger partial charge on any atom is 0.170 e. The highest BCUT2D eigenvalue weighted by atomic mass is 16.5. The Morgan fingerprint density at radius 1 is 1.43 bits per heavy atom. The highest BCUT2D eigenvalue weighted by molar-refractivity contribution is 6.01. The van der Waals surface area contributed by atoms with Gasteiger partial charge in [0.05, 0.1) is 12.2 Å². The molecule has 0 aliphatic carbocycles. The molecule has 0 saturated heterocycles. The first kappa shape index (κ1) is 9.21. The third kappa shape index (κ3) is 1.51. The van der Waals surface area contributed by atoms with Crippen LogP contribution in [0.15, 0.2) is 18.2 Å². The molecule has 1 aromatic carbocycles. The van der Waals surface area contributed by atoms with Gasteiger partial charge >= 0.3 is 0 Å². The van der Waals surface area contributed by atoms with E-state index in [1.165, 1.54) is 0 Å². The van der Waals surface area contributed by atoms with E-state index in [0.29, 0.717) is 25.3 Å². The third-order valence-corrected chi connectivity index (χ3v) is 2.39. The van der Waals surface area contributed by atoms with E-state index in [0.717, 1.165) is 17.5 Å². The Hall–Kier alpha value is -1.35. The largest absolute Gasteiger partial charge is 0.492 e. The summed E-state index contributed by atoms with van der Waals surface area (Å²) in [6, 6.07) is 5.69. The van der Waals surface area contributed by atoms with Crippen LogP contribution in [0.5, 0.6) is 5.75 Å². The lowest BCUT2D eigenvalue weighted by Crippen LogP contribution is -2.18. The molecular formula is C11H13NO2. The van der Waals surface area contributed by atoms with Crippen LogP contribution in [0.3, 0.4) is 0 Å². The molecule has 0 bridgehead atoms. The fourth-order valence-electron chi connectivity index (χ4n) is 1.76.